The molecule has 0 saturated heterocycles. The van der Waals surface area contributed by atoms with Crippen LogP contribution in [0.1, 0.15) is 26.3 Å². The van der Waals surface area contributed by atoms with Crippen molar-refractivity contribution < 1.29 is 14.3 Å². The molecule has 6 heteroatoms. The molecule has 3 aromatic carbocycles. The van der Waals surface area contributed by atoms with Crippen molar-refractivity contribution in [1.82, 2.24) is 0 Å². The molecule has 0 fully saturated rings. The molecule has 3 aromatic rings. The van der Waals surface area contributed by atoms with Crippen LogP contribution in [0, 0.1) is 11.3 Å². The zero-order chi connectivity index (χ0) is 22.4. The zero-order valence-corrected chi connectivity index (χ0v) is 19.2. The second-order valence-electron chi connectivity index (χ2n) is 7.07. The third-order valence-corrected chi connectivity index (χ3v) is 5.12. The van der Waals surface area contributed by atoms with E-state index in [0.29, 0.717) is 33.8 Å². The summed E-state index contributed by atoms with van der Waals surface area (Å²) in [6.07, 6.45) is 1.51. The molecular formula is C25H23BrN2O3. The summed E-state index contributed by atoms with van der Waals surface area (Å²) in [4.78, 5) is 12.9. The second kappa shape index (κ2) is 10.1. The average molecular weight is 479 g/mol. The maximum atomic E-state index is 12.9. The Morgan fingerprint density at radius 2 is 1.90 bits per heavy atom. The van der Waals surface area contributed by atoms with Gasteiger partial charge in [0.15, 0.2) is 11.5 Å². The van der Waals surface area contributed by atoms with Crippen molar-refractivity contribution in [3.63, 3.8) is 0 Å². The van der Waals surface area contributed by atoms with E-state index in [1.165, 1.54) is 6.08 Å². The van der Waals surface area contributed by atoms with Crippen molar-refractivity contribution in [3.05, 3.63) is 70.2 Å². The van der Waals surface area contributed by atoms with Gasteiger partial charge in [-0.2, -0.15) is 5.26 Å². The van der Waals surface area contributed by atoms with Crippen LogP contribution in [0.3, 0.4) is 0 Å². The summed E-state index contributed by atoms with van der Waals surface area (Å²) in [5.41, 5.74) is 1.27. The molecule has 0 aliphatic heterocycles. The van der Waals surface area contributed by atoms with Gasteiger partial charge >= 0.3 is 0 Å². The van der Waals surface area contributed by atoms with Crippen molar-refractivity contribution in [2.75, 3.05) is 11.9 Å². The number of nitriles is 1. The van der Waals surface area contributed by atoms with Crippen LogP contribution in [-0.4, -0.2) is 18.6 Å². The lowest BCUT2D eigenvalue weighted by Crippen LogP contribution is -2.13. The summed E-state index contributed by atoms with van der Waals surface area (Å²) < 4.78 is 12.2. The number of carbonyl (C=O) groups excluding carboxylic acids is 1. The summed E-state index contributed by atoms with van der Waals surface area (Å²) in [6, 6.07) is 18.9. The lowest BCUT2D eigenvalue weighted by atomic mass is 10.1. The normalized spacial score (nSPS) is 11.3. The van der Waals surface area contributed by atoms with E-state index in [-0.39, 0.29) is 11.7 Å². The van der Waals surface area contributed by atoms with E-state index in [9.17, 15) is 10.1 Å². The third-order valence-electron chi connectivity index (χ3n) is 4.43. The van der Waals surface area contributed by atoms with Gasteiger partial charge in [0.2, 0.25) is 0 Å². The van der Waals surface area contributed by atoms with Crippen LogP contribution < -0.4 is 14.8 Å². The van der Waals surface area contributed by atoms with Crippen LogP contribution in [-0.2, 0) is 4.79 Å². The first-order valence-electron chi connectivity index (χ1n) is 9.96. The summed E-state index contributed by atoms with van der Waals surface area (Å²) in [5, 5.41) is 14.4. The second-order valence-corrected chi connectivity index (χ2v) is 7.93. The number of rotatable bonds is 7. The standard InChI is InChI=1S/C25H23BrN2O3/c1-4-30-23-13-18(21(26)14-24(23)31-16(2)3)12-19(15-27)25(29)28-22-11-7-9-17-8-5-6-10-20(17)22/h5-14,16H,4H2,1-3H3,(H,28,29). The molecule has 0 aliphatic rings. The van der Waals surface area contributed by atoms with E-state index >= 15 is 0 Å². The number of hydrogen-bond acceptors (Lipinski definition) is 4. The van der Waals surface area contributed by atoms with Gasteiger partial charge in [0.1, 0.15) is 11.6 Å². The van der Waals surface area contributed by atoms with Crippen molar-refractivity contribution in [2.24, 2.45) is 0 Å². The highest BCUT2D eigenvalue weighted by atomic mass is 79.9. The lowest BCUT2D eigenvalue weighted by molar-refractivity contribution is -0.112. The smallest absolute Gasteiger partial charge is 0.266 e. The highest BCUT2D eigenvalue weighted by molar-refractivity contribution is 9.10. The number of hydrogen-bond donors (Lipinski definition) is 1. The molecule has 31 heavy (non-hydrogen) atoms. The van der Waals surface area contributed by atoms with Crippen LogP contribution in [0.15, 0.2) is 64.6 Å². The fourth-order valence-corrected chi connectivity index (χ4v) is 3.54. The van der Waals surface area contributed by atoms with Gasteiger partial charge in [0.05, 0.1) is 12.7 Å². The molecule has 3 rings (SSSR count). The fourth-order valence-electron chi connectivity index (χ4n) is 3.10. The van der Waals surface area contributed by atoms with Crippen LogP contribution in [0.2, 0.25) is 0 Å². The minimum absolute atomic E-state index is 0.0198. The maximum absolute atomic E-state index is 12.9. The first kappa shape index (κ1) is 22.4. The van der Waals surface area contributed by atoms with E-state index in [1.54, 1.807) is 12.1 Å². The number of fused-ring (bicyclic) bond motifs is 1. The first-order chi connectivity index (χ1) is 14.9. The number of nitrogens with zero attached hydrogens (tertiary/aromatic N) is 1. The zero-order valence-electron chi connectivity index (χ0n) is 17.6. The van der Waals surface area contributed by atoms with Crippen LogP contribution in [0.25, 0.3) is 16.8 Å². The lowest BCUT2D eigenvalue weighted by Gasteiger charge is -2.16. The SMILES string of the molecule is CCOc1cc(C=C(C#N)C(=O)Nc2cccc3ccccc23)c(Br)cc1OC(C)C. The Kier molecular flexibility index (Phi) is 7.32. The highest BCUT2D eigenvalue weighted by Gasteiger charge is 2.15. The van der Waals surface area contributed by atoms with Gasteiger partial charge in [-0.15, -0.1) is 0 Å². The average Bonchev–Trinajstić information content (AvgIpc) is 2.74. The van der Waals surface area contributed by atoms with Gasteiger partial charge in [0.25, 0.3) is 5.91 Å². The van der Waals surface area contributed by atoms with Crippen LogP contribution in [0.5, 0.6) is 11.5 Å². The van der Waals surface area contributed by atoms with Crippen LogP contribution in [0.4, 0.5) is 5.69 Å². The van der Waals surface area contributed by atoms with Gasteiger partial charge in [-0.25, -0.2) is 0 Å². The minimum Gasteiger partial charge on any atom is -0.490 e. The maximum Gasteiger partial charge on any atom is 0.266 e. The summed E-state index contributed by atoms with van der Waals surface area (Å²) in [7, 11) is 0. The summed E-state index contributed by atoms with van der Waals surface area (Å²) in [6.45, 7) is 6.21. The van der Waals surface area contributed by atoms with Crippen molar-refractivity contribution >= 4 is 44.4 Å². The molecule has 0 spiro atoms. The molecular weight excluding hydrogens is 456 g/mol. The van der Waals surface area contributed by atoms with Crippen LogP contribution >= 0.6 is 15.9 Å². The quantitative estimate of drug-likeness (QED) is 0.317. The molecule has 0 saturated carbocycles. The molecule has 0 atom stereocenters. The molecule has 0 aromatic heterocycles. The number of benzene rings is 3. The molecule has 1 N–H and O–H groups in total. The fraction of sp³-hybridized carbons (Fsp3) is 0.200. The largest absolute Gasteiger partial charge is 0.490 e. The Labute approximate surface area is 190 Å². The molecule has 0 aliphatic carbocycles. The number of carbonyl (C=O) groups is 1. The number of nitrogens with one attached hydrogen (secondary N) is 1. The predicted octanol–water partition coefficient (Wildman–Crippen LogP) is 6.33. The van der Waals surface area contributed by atoms with Crippen molar-refractivity contribution in [1.29, 1.82) is 5.26 Å². The van der Waals surface area contributed by atoms with E-state index in [4.69, 9.17) is 9.47 Å². The van der Waals surface area contributed by atoms with Crippen molar-refractivity contribution in [2.45, 2.75) is 26.9 Å². The Morgan fingerprint density at radius 1 is 1.16 bits per heavy atom. The van der Waals surface area contributed by atoms with Crippen molar-refractivity contribution in [3.8, 4) is 17.6 Å². The van der Waals surface area contributed by atoms with Gasteiger partial charge in [-0.1, -0.05) is 52.3 Å². The summed E-state index contributed by atoms with van der Waals surface area (Å²) >= 11 is 3.51. The number of anilines is 1. The Morgan fingerprint density at radius 3 is 2.61 bits per heavy atom. The van der Waals surface area contributed by atoms with Gasteiger partial charge < -0.3 is 14.8 Å². The molecule has 0 radical (unpaired) electrons. The molecule has 5 nitrogen and oxygen atoms in total. The minimum atomic E-state index is -0.480. The number of halogens is 1. The third kappa shape index (κ3) is 5.44. The van der Waals surface area contributed by atoms with E-state index < -0.39 is 5.91 Å². The predicted molar refractivity (Wildman–Crippen MR) is 127 cm³/mol. The summed E-state index contributed by atoms with van der Waals surface area (Å²) in [5.74, 6) is 0.670. The Bertz CT molecular complexity index is 1170. The van der Waals surface area contributed by atoms with Gasteiger partial charge in [-0.3, -0.25) is 4.79 Å². The van der Waals surface area contributed by atoms with E-state index in [2.05, 4.69) is 21.2 Å². The topological polar surface area (TPSA) is 71.3 Å². The molecule has 0 heterocycles. The monoisotopic (exact) mass is 478 g/mol. The van der Waals surface area contributed by atoms with E-state index in [0.717, 1.165) is 10.8 Å². The first-order valence-corrected chi connectivity index (χ1v) is 10.8. The highest BCUT2D eigenvalue weighted by Crippen LogP contribution is 2.35. The Hall–Kier alpha value is -3.30. The van der Waals surface area contributed by atoms with E-state index in [1.807, 2.05) is 69.3 Å². The molecule has 0 unspecified atom stereocenters. The Balaban J connectivity index is 1.94. The molecule has 0 bridgehead atoms. The molecule has 158 valence electrons. The van der Waals surface area contributed by atoms with Gasteiger partial charge in [0, 0.05) is 15.5 Å². The number of ether oxygens (including phenoxy) is 2. The number of amides is 1. The molecule has 1 amide bonds. The van der Waals surface area contributed by atoms with Gasteiger partial charge in [-0.05, 0) is 56.0 Å².